The van der Waals surface area contributed by atoms with Crippen LogP contribution in [0.2, 0.25) is 5.02 Å². The van der Waals surface area contributed by atoms with Crippen LogP contribution in [0, 0.1) is 30.1 Å². The molecule has 16 heteroatoms. The highest BCUT2D eigenvalue weighted by Crippen LogP contribution is 2.74. The van der Waals surface area contributed by atoms with E-state index in [1.54, 1.807) is 16.7 Å². The normalized spacial score (nSPS) is 28.0. The number of likely N-dealkylation sites (tertiary alicyclic amines) is 1. The summed E-state index contributed by atoms with van der Waals surface area (Å²) in [6.45, 7) is 8.63. The minimum atomic E-state index is -4.60. The minimum Gasteiger partial charge on any atom is -0.504 e. The first-order valence-corrected chi connectivity index (χ1v) is 18.0. The summed E-state index contributed by atoms with van der Waals surface area (Å²) in [5.74, 6) is -1.33. The molecule has 1 aromatic carbocycles. The fourth-order valence-electron chi connectivity index (χ4n) is 9.17. The van der Waals surface area contributed by atoms with Crippen molar-refractivity contribution in [2.45, 2.75) is 58.2 Å². The molecule has 2 aromatic rings. The number of allylic oxidation sites excluding steroid dienone is 1. The molecule has 278 valence electrons. The van der Waals surface area contributed by atoms with Crippen LogP contribution in [0.3, 0.4) is 0 Å². The van der Waals surface area contributed by atoms with Crippen LogP contribution in [0.25, 0.3) is 0 Å². The van der Waals surface area contributed by atoms with Crippen molar-refractivity contribution >= 4 is 40.7 Å². The second-order valence-corrected chi connectivity index (χ2v) is 14.9. The van der Waals surface area contributed by atoms with Crippen LogP contribution in [-0.4, -0.2) is 85.7 Å². The number of ether oxygens (including phenoxy) is 1. The number of aromatic hydroxyl groups is 1. The number of nitrogens with zero attached hydrogens (tertiary/aromatic N) is 6. The third kappa shape index (κ3) is 5.61. The van der Waals surface area contributed by atoms with E-state index in [1.807, 2.05) is 13.0 Å². The first kappa shape index (κ1) is 35.3. The van der Waals surface area contributed by atoms with E-state index in [1.165, 1.54) is 11.3 Å². The molecule has 1 spiro atoms. The number of aryl methyl sites for hydroxylation is 1. The summed E-state index contributed by atoms with van der Waals surface area (Å²) in [6, 6.07) is 2.52. The standard InChI is InChI=1S/C37H37ClF3N7O5/c1-18(21-8-12-53-13-9-21)45-48-20(3)47(16-29(49)44-27-6-4-22(14-26(27)38)37(39,40)41)32-23-15-25(23)36(30(32)34(48)51)10-11-46(28-7-5-24(28)36)35(52)31-33(50)19(2)42-17-43-31/h4,6,8,14,17,23-25,28,50H,3,5,7,9-13,15-16H2,1-2H3,(H,44,49)/b45-18+/t23-,24-,25+,28+,36+/m0/s1. The van der Waals surface area contributed by atoms with Gasteiger partial charge < -0.3 is 25.0 Å². The molecule has 1 saturated heterocycles. The topological polar surface area (TPSA) is 141 Å². The molecular formula is C37H37ClF3N7O5. The smallest absolute Gasteiger partial charge is 0.416 e. The Morgan fingerprint density at radius 3 is 2.70 bits per heavy atom. The van der Waals surface area contributed by atoms with Crippen LogP contribution in [-0.2, 0) is 20.5 Å². The average molecular weight is 752 g/mol. The number of piperidine rings is 1. The Morgan fingerprint density at radius 2 is 2.02 bits per heavy atom. The number of rotatable bonds is 6. The molecular weight excluding hydrogens is 715 g/mol. The zero-order valence-electron chi connectivity index (χ0n) is 29.0. The second kappa shape index (κ2) is 12.7. The number of amides is 3. The number of aromatic nitrogens is 2. The van der Waals surface area contributed by atoms with E-state index in [4.69, 9.17) is 21.4 Å². The molecule has 6 aliphatic rings. The van der Waals surface area contributed by atoms with Crippen molar-refractivity contribution in [1.29, 1.82) is 0 Å². The van der Waals surface area contributed by atoms with Crippen molar-refractivity contribution in [3.8, 4) is 5.75 Å². The Morgan fingerprint density at radius 1 is 1.23 bits per heavy atom. The fraction of sp³-hybridized carbons (Fsp3) is 0.459. The fourth-order valence-corrected chi connectivity index (χ4v) is 9.39. The third-order valence-corrected chi connectivity index (χ3v) is 12.2. The molecule has 53 heavy (non-hydrogen) atoms. The number of hydrogen-bond acceptors (Lipinski definition) is 9. The van der Waals surface area contributed by atoms with E-state index >= 15 is 0 Å². The maximum Gasteiger partial charge on any atom is 0.416 e. The maximum absolute atomic E-state index is 14.8. The molecule has 12 nitrogen and oxygen atoms in total. The van der Waals surface area contributed by atoms with Gasteiger partial charge in [0.05, 0.1) is 40.9 Å². The van der Waals surface area contributed by atoms with Gasteiger partial charge in [-0.2, -0.15) is 23.3 Å². The van der Waals surface area contributed by atoms with Gasteiger partial charge in [0.1, 0.15) is 18.7 Å². The highest BCUT2D eigenvalue weighted by molar-refractivity contribution is 6.33. The van der Waals surface area contributed by atoms with Gasteiger partial charge in [-0.1, -0.05) is 24.3 Å². The van der Waals surface area contributed by atoms with Crippen LogP contribution >= 0.6 is 11.6 Å². The Labute approximate surface area is 308 Å². The van der Waals surface area contributed by atoms with E-state index in [0.29, 0.717) is 55.3 Å². The lowest BCUT2D eigenvalue weighted by atomic mass is 9.53. The van der Waals surface area contributed by atoms with E-state index < -0.39 is 23.1 Å². The molecule has 5 atom stereocenters. The van der Waals surface area contributed by atoms with Crippen molar-refractivity contribution in [3.05, 3.63) is 81.8 Å². The van der Waals surface area contributed by atoms with Crippen molar-refractivity contribution in [1.82, 2.24) is 24.8 Å². The lowest BCUT2D eigenvalue weighted by Crippen LogP contribution is -2.63. The zero-order valence-corrected chi connectivity index (χ0v) is 29.8. The quantitative estimate of drug-likeness (QED) is 0.361. The lowest BCUT2D eigenvalue weighted by Gasteiger charge is -2.59. The summed E-state index contributed by atoms with van der Waals surface area (Å²) in [5.41, 5.74) is 1.55. The van der Waals surface area contributed by atoms with Crippen molar-refractivity contribution < 1.29 is 37.4 Å². The van der Waals surface area contributed by atoms with E-state index in [0.717, 1.165) is 43.0 Å². The van der Waals surface area contributed by atoms with Crippen LogP contribution in [0.5, 0.6) is 5.75 Å². The number of nitrogens with one attached hydrogen (secondary N) is 1. The van der Waals surface area contributed by atoms with Gasteiger partial charge in [-0.25, -0.2) is 9.97 Å². The van der Waals surface area contributed by atoms with Crippen LogP contribution in [0.15, 0.2) is 64.9 Å². The van der Waals surface area contributed by atoms with Crippen LogP contribution < -0.4 is 5.32 Å². The molecule has 0 unspecified atom stereocenters. The van der Waals surface area contributed by atoms with E-state index in [9.17, 15) is 32.7 Å². The van der Waals surface area contributed by atoms with Gasteiger partial charge in [-0.05, 0) is 81.6 Å². The summed E-state index contributed by atoms with van der Waals surface area (Å²) >= 11 is 6.18. The first-order valence-electron chi connectivity index (χ1n) is 17.6. The first-order chi connectivity index (χ1) is 25.2. The SMILES string of the molecule is C=C1N(CC(=O)Nc2ccc(C(F)(F)F)cc2Cl)C2=C(C(=O)N1/N=C(\C)C1=CCOCC1)[C@@]1(CCN(C(=O)c3ncnc(C)c3O)[C@@H]3CC[C@@H]31)[C@@H]1C[C@H]21. The van der Waals surface area contributed by atoms with Crippen molar-refractivity contribution in [2.75, 3.05) is 31.6 Å². The molecule has 8 rings (SSSR count). The number of alkyl halides is 3. The molecule has 2 saturated carbocycles. The van der Waals surface area contributed by atoms with Crippen molar-refractivity contribution in [3.63, 3.8) is 0 Å². The van der Waals surface area contributed by atoms with Gasteiger partial charge in [0.25, 0.3) is 11.8 Å². The van der Waals surface area contributed by atoms with Gasteiger partial charge in [0.2, 0.25) is 5.91 Å². The Balaban J connectivity index is 1.14. The zero-order chi connectivity index (χ0) is 37.6. The molecule has 2 N–H and O–H groups in total. The number of fused-ring (bicyclic) bond motifs is 6. The predicted molar refractivity (Wildman–Crippen MR) is 186 cm³/mol. The van der Waals surface area contributed by atoms with E-state index in [2.05, 4.69) is 21.9 Å². The molecule has 3 amide bonds. The molecule has 4 heterocycles. The van der Waals surface area contributed by atoms with Gasteiger partial charge in [-0.15, -0.1) is 0 Å². The lowest BCUT2D eigenvalue weighted by molar-refractivity contribution is -0.137. The Bertz CT molecular complexity index is 2070. The summed E-state index contributed by atoms with van der Waals surface area (Å²) < 4.78 is 45.3. The Hall–Kier alpha value is -4.76. The van der Waals surface area contributed by atoms with Gasteiger partial charge in [-0.3, -0.25) is 14.4 Å². The number of halogens is 4. The van der Waals surface area contributed by atoms with Crippen LogP contribution in [0.4, 0.5) is 18.9 Å². The Kier molecular flexibility index (Phi) is 8.44. The van der Waals surface area contributed by atoms with Gasteiger partial charge in [0, 0.05) is 35.2 Å². The molecule has 3 aliphatic heterocycles. The maximum atomic E-state index is 14.8. The summed E-state index contributed by atoms with van der Waals surface area (Å²) in [5, 5.41) is 19.1. The minimum absolute atomic E-state index is 0.0150. The van der Waals surface area contributed by atoms with Crippen LogP contribution in [0.1, 0.15) is 60.8 Å². The number of hydrogen-bond donors (Lipinski definition) is 2. The summed E-state index contributed by atoms with van der Waals surface area (Å²) in [4.78, 5) is 53.9. The largest absolute Gasteiger partial charge is 0.504 e. The van der Waals surface area contributed by atoms with E-state index in [-0.39, 0.29) is 70.1 Å². The summed E-state index contributed by atoms with van der Waals surface area (Å²) in [7, 11) is 0. The molecule has 0 radical (unpaired) electrons. The highest BCUT2D eigenvalue weighted by atomic mass is 35.5. The predicted octanol–water partition coefficient (Wildman–Crippen LogP) is 5.65. The number of carbonyl (C=O) groups excluding carboxylic acids is 3. The molecule has 1 aromatic heterocycles. The second-order valence-electron chi connectivity index (χ2n) is 14.5. The third-order valence-electron chi connectivity index (χ3n) is 11.9. The molecule has 0 bridgehead atoms. The number of benzene rings is 1. The van der Waals surface area contributed by atoms with Gasteiger partial charge >= 0.3 is 6.18 Å². The molecule has 3 fully saturated rings. The monoisotopic (exact) mass is 751 g/mol. The number of carbonyl (C=O) groups is 3. The summed E-state index contributed by atoms with van der Waals surface area (Å²) in [6.07, 6.45) is 1.96. The van der Waals surface area contributed by atoms with Gasteiger partial charge in [0.15, 0.2) is 11.4 Å². The number of hydrazone groups is 1. The molecule has 3 aliphatic carbocycles. The number of anilines is 1. The highest BCUT2D eigenvalue weighted by Gasteiger charge is 2.72. The van der Waals surface area contributed by atoms with Crippen molar-refractivity contribution in [2.24, 2.45) is 28.3 Å². The average Bonchev–Trinajstić information content (AvgIpc) is 3.86.